The van der Waals surface area contributed by atoms with Gasteiger partial charge in [-0.05, 0) is 54.8 Å². The molecule has 0 saturated carbocycles. The van der Waals surface area contributed by atoms with E-state index in [2.05, 4.69) is 11.9 Å². The number of fused-ring (bicyclic) bond motifs is 1. The smallest absolute Gasteiger partial charge is 0.345 e. The van der Waals surface area contributed by atoms with Crippen LogP contribution in [0, 0.1) is 0 Å². The van der Waals surface area contributed by atoms with Crippen LogP contribution in [-0.4, -0.2) is 18.1 Å². The Labute approximate surface area is 202 Å². The van der Waals surface area contributed by atoms with E-state index in [0.717, 1.165) is 59.4 Å². The van der Waals surface area contributed by atoms with Crippen LogP contribution in [-0.2, 0) is 11.2 Å². The van der Waals surface area contributed by atoms with Gasteiger partial charge in [0, 0.05) is 29.3 Å². The minimum atomic E-state index is -0.483. The third-order valence-electron chi connectivity index (χ3n) is 5.59. The van der Waals surface area contributed by atoms with Gasteiger partial charge in [-0.3, -0.25) is 4.79 Å². The molecular weight excluding hydrogens is 450 g/mol. The molecule has 0 radical (unpaired) electrons. The lowest BCUT2D eigenvalue weighted by Gasteiger charge is -2.11. The number of carbonyl (C=O) groups excluding carboxylic acids is 1. The summed E-state index contributed by atoms with van der Waals surface area (Å²) in [5.41, 5.74) is 2.75. The molecule has 0 saturated heterocycles. The highest BCUT2D eigenvalue weighted by Crippen LogP contribution is 2.32. The van der Waals surface area contributed by atoms with E-state index < -0.39 is 11.6 Å². The number of carbonyl (C=O) groups is 1. The molecule has 7 heteroatoms. The molecule has 2 aromatic carbocycles. The summed E-state index contributed by atoms with van der Waals surface area (Å²) in [4.78, 5) is 29.1. The Hall–Kier alpha value is -3.45. The first kappa shape index (κ1) is 23.7. The molecule has 34 heavy (non-hydrogen) atoms. The van der Waals surface area contributed by atoms with Gasteiger partial charge in [0.2, 0.25) is 0 Å². The number of rotatable bonds is 9. The van der Waals surface area contributed by atoms with Crippen molar-refractivity contribution < 1.29 is 18.7 Å². The van der Waals surface area contributed by atoms with Crippen LogP contribution in [0.4, 0.5) is 0 Å². The van der Waals surface area contributed by atoms with Gasteiger partial charge < -0.3 is 13.9 Å². The van der Waals surface area contributed by atoms with E-state index in [9.17, 15) is 9.59 Å². The van der Waals surface area contributed by atoms with Crippen LogP contribution < -0.4 is 15.1 Å². The number of unbranched alkanes of at least 4 members (excludes halogenated alkanes) is 3. The van der Waals surface area contributed by atoms with Crippen LogP contribution in [0.5, 0.6) is 11.5 Å². The van der Waals surface area contributed by atoms with E-state index in [1.165, 1.54) is 18.3 Å². The number of aromatic nitrogens is 1. The van der Waals surface area contributed by atoms with Gasteiger partial charge >= 0.3 is 11.6 Å². The van der Waals surface area contributed by atoms with E-state index in [1.807, 2.05) is 35.7 Å². The fraction of sp³-hybridized carbons (Fsp3) is 0.296. The van der Waals surface area contributed by atoms with E-state index in [4.69, 9.17) is 13.9 Å². The van der Waals surface area contributed by atoms with Gasteiger partial charge in [-0.2, -0.15) is 0 Å². The minimum absolute atomic E-state index is 0.382. The van der Waals surface area contributed by atoms with Gasteiger partial charge in [-0.1, -0.05) is 26.2 Å². The summed E-state index contributed by atoms with van der Waals surface area (Å²) in [7, 11) is 1.63. The van der Waals surface area contributed by atoms with Crippen LogP contribution in [0.25, 0.3) is 32.8 Å². The van der Waals surface area contributed by atoms with Crippen molar-refractivity contribution in [3.8, 4) is 33.3 Å². The summed E-state index contributed by atoms with van der Waals surface area (Å²) in [5.74, 6) is 0.818. The summed E-state index contributed by atoms with van der Waals surface area (Å²) in [6, 6.07) is 13.0. The molecule has 0 aliphatic carbocycles. The normalized spacial score (nSPS) is 11.0. The number of benzene rings is 2. The summed E-state index contributed by atoms with van der Waals surface area (Å²) in [5, 5.41) is 3.44. The van der Waals surface area contributed by atoms with Crippen molar-refractivity contribution in [1.29, 1.82) is 0 Å². The molecule has 0 N–H and O–H groups in total. The van der Waals surface area contributed by atoms with Crippen molar-refractivity contribution in [3.05, 3.63) is 63.8 Å². The van der Waals surface area contributed by atoms with Crippen molar-refractivity contribution >= 4 is 28.3 Å². The molecule has 176 valence electrons. The predicted molar refractivity (Wildman–Crippen MR) is 135 cm³/mol. The first-order valence-electron chi connectivity index (χ1n) is 11.4. The first-order chi connectivity index (χ1) is 16.5. The Morgan fingerprint density at radius 3 is 2.59 bits per heavy atom. The Kier molecular flexibility index (Phi) is 7.43. The predicted octanol–water partition coefficient (Wildman–Crippen LogP) is 6.64. The zero-order chi connectivity index (χ0) is 24.1. The molecule has 0 atom stereocenters. The third kappa shape index (κ3) is 5.37. The SMILES string of the molecule is CCCCCCc1cc2cc(-c3csc(-c4ccc(OC)cc4)n3)c(=O)oc2cc1OC(C)=O. The molecule has 0 unspecified atom stereocenters. The van der Waals surface area contributed by atoms with Crippen molar-refractivity contribution in [2.45, 2.75) is 46.0 Å². The molecular formula is C27H27NO5S. The number of esters is 1. The van der Waals surface area contributed by atoms with Crippen LogP contribution in [0.1, 0.15) is 45.1 Å². The highest BCUT2D eigenvalue weighted by atomic mass is 32.1. The summed E-state index contributed by atoms with van der Waals surface area (Å²) >= 11 is 1.46. The number of aryl methyl sites for hydroxylation is 1. The molecule has 0 bridgehead atoms. The number of nitrogens with zero attached hydrogens (tertiary/aromatic N) is 1. The lowest BCUT2D eigenvalue weighted by atomic mass is 10.0. The van der Waals surface area contributed by atoms with Crippen molar-refractivity contribution in [2.24, 2.45) is 0 Å². The highest BCUT2D eigenvalue weighted by molar-refractivity contribution is 7.13. The van der Waals surface area contributed by atoms with Crippen molar-refractivity contribution in [1.82, 2.24) is 4.98 Å². The molecule has 0 amide bonds. The minimum Gasteiger partial charge on any atom is -0.497 e. The Morgan fingerprint density at radius 1 is 1.09 bits per heavy atom. The largest absolute Gasteiger partial charge is 0.497 e. The van der Waals surface area contributed by atoms with Crippen molar-refractivity contribution in [3.63, 3.8) is 0 Å². The Bertz CT molecular complexity index is 1350. The second-order valence-electron chi connectivity index (χ2n) is 8.12. The number of thiazole rings is 1. The second kappa shape index (κ2) is 10.7. The quantitative estimate of drug-likeness (QED) is 0.116. The number of hydrogen-bond acceptors (Lipinski definition) is 7. The third-order valence-corrected chi connectivity index (χ3v) is 6.48. The maximum Gasteiger partial charge on any atom is 0.345 e. The molecule has 2 heterocycles. The summed E-state index contributed by atoms with van der Waals surface area (Å²) < 4.78 is 16.2. The van der Waals surface area contributed by atoms with Crippen LogP contribution in [0.2, 0.25) is 0 Å². The van der Waals surface area contributed by atoms with Gasteiger partial charge in [0.15, 0.2) is 0 Å². The lowest BCUT2D eigenvalue weighted by molar-refractivity contribution is -0.131. The lowest BCUT2D eigenvalue weighted by Crippen LogP contribution is -2.06. The molecule has 4 rings (SSSR count). The van der Waals surface area contributed by atoms with E-state index in [-0.39, 0.29) is 0 Å². The monoisotopic (exact) mass is 477 g/mol. The van der Waals surface area contributed by atoms with Crippen LogP contribution >= 0.6 is 11.3 Å². The molecule has 0 spiro atoms. The average molecular weight is 478 g/mol. The second-order valence-corrected chi connectivity index (χ2v) is 8.97. The molecule has 0 fully saturated rings. The fourth-order valence-electron chi connectivity index (χ4n) is 3.83. The van der Waals surface area contributed by atoms with Gasteiger partial charge in [-0.25, -0.2) is 9.78 Å². The van der Waals surface area contributed by atoms with Gasteiger partial charge in [-0.15, -0.1) is 11.3 Å². The molecule has 2 aromatic heterocycles. The zero-order valence-corrected chi connectivity index (χ0v) is 20.4. The van der Waals surface area contributed by atoms with E-state index in [0.29, 0.717) is 22.6 Å². The molecule has 6 nitrogen and oxygen atoms in total. The van der Waals surface area contributed by atoms with Crippen LogP contribution in [0.3, 0.4) is 0 Å². The number of hydrogen-bond donors (Lipinski definition) is 0. The summed E-state index contributed by atoms with van der Waals surface area (Å²) in [6.07, 6.45) is 5.20. The maximum absolute atomic E-state index is 12.8. The topological polar surface area (TPSA) is 78.6 Å². The van der Waals surface area contributed by atoms with Crippen molar-refractivity contribution in [2.75, 3.05) is 7.11 Å². The Morgan fingerprint density at radius 2 is 1.88 bits per heavy atom. The molecule has 0 aliphatic rings. The van der Waals surface area contributed by atoms with Crippen LogP contribution in [0.15, 0.2) is 57.1 Å². The molecule has 0 aliphatic heterocycles. The van der Waals surface area contributed by atoms with Gasteiger partial charge in [0.1, 0.15) is 22.1 Å². The average Bonchev–Trinajstić information content (AvgIpc) is 3.31. The van der Waals surface area contributed by atoms with Gasteiger partial charge in [0.25, 0.3) is 0 Å². The number of methoxy groups -OCH3 is 1. The van der Waals surface area contributed by atoms with E-state index >= 15 is 0 Å². The summed E-state index contributed by atoms with van der Waals surface area (Å²) in [6.45, 7) is 3.54. The number of ether oxygens (including phenoxy) is 2. The highest BCUT2D eigenvalue weighted by Gasteiger charge is 2.16. The maximum atomic E-state index is 12.8. The first-order valence-corrected chi connectivity index (χ1v) is 12.3. The Balaban J connectivity index is 1.69. The van der Waals surface area contributed by atoms with E-state index in [1.54, 1.807) is 19.2 Å². The van der Waals surface area contributed by atoms with Gasteiger partial charge in [0.05, 0.1) is 18.4 Å². The fourth-order valence-corrected chi connectivity index (χ4v) is 4.65. The zero-order valence-electron chi connectivity index (χ0n) is 19.6. The molecule has 4 aromatic rings. The standard InChI is InChI=1S/C27H27NO5S/c1-4-5-6-7-8-19-13-20-14-22(27(30)33-25(20)15-24(19)32-17(2)29)23-16-34-26(28-23)18-9-11-21(31-3)12-10-18/h9-16H,4-8H2,1-3H3.